The van der Waals surface area contributed by atoms with Crippen LogP contribution in [-0.4, -0.2) is 48.5 Å². The minimum absolute atomic E-state index is 0.157. The van der Waals surface area contributed by atoms with Gasteiger partial charge in [0.05, 0.1) is 12.6 Å². The van der Waals surface area contributed by atoms with E-state index in [1.807, 2.05) is 32.0 Å². The summed E-state index contributed by atoms with van der Waals surface area (Å²) in [4.78, 5) is 19.6. The number of aliphatic imine (C=N–C) groups is 1. The van der Waals surface area contributed by atoms with Crippen LogP contribution < -0.4 is 15.4 Å². The smallest absolute Gasteiger partial charge is 0.225 e. The first-order chi connectivity index (χ1) is 14.5. The maximum Gasteiger partial charge on any atom is 0.225 e. The molecule has 0 bridgehead atoms. The predicted octanol–water partition coefficient (Wildman–Crippen LogP) is 3.71. The maximum absolute atomic E-state index is 12.8. The molecule has 1 aliphatic heterocycles. The molecule has 6 heteroatoms. The standard InChI is InChI=1S/C24H38N4O2/c1-4-25-24(26-16-19-9-8-12-22(15-19)30-18(2)3)27-21-13-14-28(17-21)23(29)20-10-6-5-7-11-20/h8-9,12,15,18,20-21H,4-7,10-11,13-14,16-17H2,1-3H3,(H2,25,26,27). The molecule has 6 nitrogen and oxygen atoms in total. The second-order valence-electron chi connectivity index (χ2n) is 8.76. The molecule has 30 heavy (non-hydrogen) atoms. The maximum atomic E-state index is 12.8. The first kappa shape index (κ1) is 22.4. The number of carbonyl (C=O) groups is 1. The largest absolute Gasteiger partial charge is 0.491 e. The molecular weight excluding hydrogens is 376 g/mol. The Kier molecular flexibility index (Phi) is 8.40. The van der Waals surface area contributed by atoms with Gasteiger partial charge in [0.1, 0.15) is 5.75 Å². The van der Waals surface area contributed by atoms with E-state index in [1.165, 1.54) is 19.3 Å². The molecule has 1 aromatic rings. The van der Waals surface area contributed by atoms with Gasteiger partial charge in [-0.2, -0.15) is 0 Å². The van der Waals surface area contributed by atoms with Crippen molar-refractivity contribution in [2.75, 3.05) is 19.6 Å². The third-order valence-corrected chi connectivity index (χ3v) is 5.83. The molecule has 166 valence electrons. The lowest BCUT2D eigenvalue weighted by Crippen LogP contribution is -2.45. The zero-order valence-corrected chi connectivity index (χ0v) is 18.8. The Morgan fingerprint density at radius 1 is 1.23 bits per heavy atom. The Bertz CT molecular complexity index is 713. The van der Waals surface area contributed by atoms with Crippen molar-refractivity contribution in [1.82, 2.24) is 15.5 Å². The lowest BCUT2D eigenvalue weighted by Gasteiger charge is -2.26. The molecule has 2 aliphatic rings. The van der Waals surface area contributed by atoms with E-state index in [9.17, 15) is 4.79 Å². The van der Waals surface area contributed by atoms with Gasteiger partial charge in [0.2, 0.25) is 5.91 Å². The summed E-state index contributed by atoms with van der Waals surface area (Å²) in [7, 11) is 0. The fourth-order valence-electron chi connectivity index (χ4n) is 4.36. The summed E-state index contributed by atoms with van der Waals surface area (Å²) in [6.07, 6.45) is 6.95. The van der Waals surface area contributed by atoms with E-state index in [0.717, 1.165) is 56.2 Å². The normalized spacial score (nSPS) is 20.5. The van der Waals surface area contributed by atoms with Gasteiger partial charge in [-0.25, -0.2) is 4.99 Å². The van der Waals surface area contributed by atoms with E-state index in [4.69, 9.17) is 9.73 Å². The van der Waals surface area contributed by atoms with Crippen LogP contribution in [0.15, 0.2) is 29.3 Å². The number of benzene rings is 1. The summed E-state index contributed by atoms with van der Waals surface area (Å²) in [5.41, 5.74) is 1.12. The van der Waals surface area contributed by atoms with Crippen LogP contribution in [0.4, 0.5) is 0 Å². The van der Waals surface area contributed by atoms with Crippen molar-refractivity contribution < 1.29 is 9.53 Å². The van der Waals surface area contributed by atoms with Gasteiger partial charge in [-0.3, -0.25) is 4.79 Å². The van der Waals surface area contributed by atoms with Gasteiger partial charge in [-0.05, 0) is 57.7 Å². The topological polar surface area (TPSA) is 66.0 Å². The fourth-order valence-corrected chi connectivity index (χ4v) is 4.36. The Morgan fingerprint density at radius 3 is 2.77 bits per heavy atom. The van der Waals surface area contributed by atoms with Crippen molar-refractivity contribution >= 4 is 11.9 Å². The molecule has 1 aromatic carbocycles. The van der Waals surface area contributed by atoms with Crippen LogP contribution in [-0.2, 0) is 11.3 Å². The molecule has 1 aliphatic carbocycles. The molecule has 1 atom stereocenters. The summed E-state index contributed by atoms with van der Waals surface area (Å²) < 4.78 is 5.78. The number of carbonyl (C=O) groups excluding carboxylic acids is 1. The van der Waals surface area contributed by atoms with Crippen molar-refractivity contribution in [2.24, 2.45) is 10.9 Å². The first-order valence-electron chi connectivity index (χ1n) is 11.6. The second-order valence-corrected chi connectivity index (χ2v) is 8.76. The summed E-state index contributed by atoms with van der Waals surface area (Å²) >= 11 is 0. The van der Waals surface area contributed by atoms with E-state index >= 15 is 0 Å². The lowest BCUT2D eigenvalue weighted by atomic mass is 9.88. The van der Waals surface area contributed by atoms with Crippen molar-refractivity contribution in [3.63, 3.8) is 0 Å². The number of nitrogens with one attached hydrogen (secondary N) is 2. The summed E-state index contributed by atoms with van der Waals surface area (Å²) in [6.45, 7) is 9.14. The fraction of sp³-hybridized carbons (Fsp3) is 0.667. The molecule has 1 saturated carbocycles. The Balaban J connectivity index is 1.54. The van der Waals surface area contributed by atoms with Crippen LogP contribution in [0.3, 0.4) is 0 Å². The molecule has 1 saturated heterocycles. The van der Waals surface area contributed by atoms with E-state index in [-0.39, 0.29) is 18.1 Å². The zero-order chi connectivity index (χ0) is 21.3. The SMILES string of the molecule is CCNC(=NCc1cccc(OC(C)C)c1)NC1CCN(C(=O)C2CCCCC2)C1. The van der Waals surface area contributed by atoms with Crippen molar-refractivity contribution in [2.45, 2.75) is 78.0 Å². The third-order valence-electron chi connectivity index (χ3n) is 5.83. The van der Waals surface area contributed by atoms with Crippen LogP contribution in [0, 0.1) is 5.92 Å². The molecule has 0 spiro atoms. The molecule has 1 amide bonds. The number of guanidine groups is 1. The number of nitrogens with zero attached hydrogens (tertiary/aromatic N) is 2. The van der Waals surface area contributed by atoms with Gasteiger partial charge in [0.25, 0.3) is 0 Å². The third kappa shape index (κ3) is 6.64. The van der Waals surface area contributed by atoms with Crippen molar-refractivity contribution in [3.05, 3.63) is 29.8 Å². The number of ether oxygens (including phenoxy) is 1. The van der Waals surface area contributed by atoms with E-state index < -0.39 is 0 Å². The molecule has 1 unspecified atom stereocenters. The lowest BCUT2D eigenvalue weighted by molar-refractivity contribution is -0.135. The summed E-state index contributed by atoms with van der Waals surface area (Å²) in [6, 6.07) is 8.36. The number of likely N-dealkylation sites (tertiary alicyclic amines) is 1. The summed E-state index contributed by atoms with van der Waals surface area (Å²) in [5.74, 6) is 2.30. The predicted molar refractivity (Wildman–Crippen MR) is 122 cm³/mol. The van der Waals surface area contributed by atoms with Gasteiger partial charge in [0.15, 0.2) is 5.96 Å². The van der Waals surface area contributed by atoms with Crippen molar-refractivity contribution in [3.8, 4) is 5.75 Å². The number of rotatable bonds is 7. The van der Waals surface area contributed by atoms with Crippen LogP contribution in [0.2, 0.25) is 0 Å². The Hall–Kier alpha value is -2.24. The molecule has 2 N–H and O–H groups in total. The molecule has 1 heterocycles. The van der Waals surface area contributed by atoms with Crippen LogP contribution >= 0.6 is 0 Å². The van der Waals surface area contributed by atoms with Gasteiger partial charge in [-0.1, -0.05) is 31.4 Å². The van der Waals surface area contributed by atoms with Crippen LogP contribution in [0.25, 0.3) is 0 Å². The van der Waals surface area contributed by atoms with Crippen LogP contribution in [0.1, 0.15) is 64.9 Å². The molecule has 2 fully saturated rings. The highest BCUT2D eigenvalue weighted by Crippen LogP contribution is 2.26. The van der Waals surface area contributed by atoms with Gasteiger partial charge >= 0.3 is 0 Å². The van der Waals surface area contributed by atoms with Crippen LogP contribution in [0.5, 0.6) is 5.75 Å². The molecule has 3 rings (SSSR count). The monoisotopic (exact) mass is 414 g/mol. The van der Waals surface area contributed by atoms with E-state index in [1.54, 1.807) is 0 Å². The average Bonchev–Trinajstić information content (AvgIpc) is 3.20. The molecule has 0 aromatic heterocycles. The first-order valence-corrected chi connectivity index (χ1v) is 11.6. The second kappa shape index (κ2) is 11.2. The molecule has 0 radical (unpaired) electrons. The Labute approximate surface area is 181 Å². The Morgan fingerprint density at radius 2 is 2.03 bits per heavy atom. The number of hydrogen-bond donors (Lipinski definition) is 2. The molecular formula is C24H38N4O2. The number of hydrogen-bond acceptors (Lipinski definition) is 3. The zero-order valence-electron chi connectivity index (χ0n) is 18.8. The highest BCUT2D eigenvalue weighted by atomic mass is 16.5. The highest BCUT2D eigenvalue weighted by molar-refractivity contribution is 5.81. The average molecular weight is 415 g/mol. The van der Waals surface area contributed by atoms with Gasteiger partial charge in [-0.15, -0.1) is 0 Å². The van der Waals surface area contributed by atoms with Gasteiger partial charge in [0, 0.05) is 31.6 Å². The highest BCUT2D eigenvalue weighted by Gasteiger charge is 2.31. The van der Waals surface area contributed by atoms with Crippen molar-refractivity contribution in [1.29, 1.82) is 0 Å². The minimum Gasteiger partial charge on any atom is -0.491 e. The van der Waals surface area contributed by atoms with Gasteiger partial charge < -0.3 is 20.3 Å². The quantitative estimate of drug-likeness (QED) is 0.527. The minimum atomic E-state index is 0.157. The van der Waals surface area contributed by atoms with E-state index in [2.05, 4.69) is 28.5 Å². The number of amides is 1. The van der Waals surface area contributed by atoms with E-state index in [0.29, 0.717) is 12.5 Å². The summed E-state index contributed by atoms with van der Waals surface area (Å²) in [5, 5.41) is 6.87.